The third kappa shape index (κ3) is 5.94. The van der Waals surface area contributed by atoms with Crippen molar-refractivity contribution >= 4 is 9.84 Å². The van der Waals surface area contributed by atoms with Gasteiger partial charge in [0.15, 0.2) is 4.90 Å². The van der Waals surface area contributed by atoms with E-state index in [1.54, 1.807) is 18.3 Å². The molecule has 2 heterocycles. The maximum absolute atomic E-state index is 13.8. The maximum atomic E-state index is 13.8. The van der Waals surface area contributed by atoms with Crippen LogP contribution in [0.2, 0.25) is 0 Å². The van der Waals surface area contributed by atoms with E-state index in [2.05, 4.69) is 16.9 Å². The van der Waals surface area contributed by atoms with Crippen molar-refractivity contribution in [1.29, 1.82) is 0 Å². The number of unbranched alkanes of at least 4 members (excludes halogenated alkanes) is 2. The molecule has 0 aliphatic heterocycles. The number of pyridine rings is 1. The van der Waals surface area contributed by atoms with Crippen LogP contribution in [0.15, 0.2) is 87.5 Å². The topological polar surface area (TPSA) is 111 Å². The van der Waals surface area contributed by atoms with E-state index in [-0.39, 0.29) is 11.5 Å². The molecule has 0 unspecified atom stereocenters. The van der Waals surface area contributed by atoms with Crippen LogP contribution in [0, 0.1) is 6.92 Å². The quantitative estimate of drug-likeness (QED) is 0.259. The highest BCUT2D eigenvalue weighted by molar-refractivity contribution is 7.91. The first-order chi connectivity index (χ1) is 18.8. The first-order valence-corrected chi connectivity index (χ1v) is 14.4. The van der Waals surface area contributed by atoms with Crippen LogP contribution < -0.4 is 5.56 Å². The summed E-state index contributed by atoms with van der Waals surface area (Å²) in [6, 6.07) is 18.6. The molecular formula is C30H33N3O5S. The lowest BCUT2D eigenvalue weighted by Gasteiger charge is -2.25. The molecule has 0 bridgehead atoms. The summed E-state index contributed by atoms with van der Waals surface area (Å²) in [6.45, 7) is 4.07. The molecule has 4 rings (SSSR count). The predicted molar refractivity (Wildman–Crippen MR) is 150 cm³/mol. The summed E-state index contributed by atoms with van der Waals surface area (Å²) in [5.41, 5.74) is 2.27. The first kappa shape index (κ1) is 28.2. The van der Waals surface area contributed by atoms with Gasteiger partial charge in [-0.05, 0) is 42.7 Å². The van der Waals surface area contributed by atoms with Crippen molar-refractivity contribution in [2.75, 3.05) is 13.7 Å². The van der Waals surface area contributed by atoms with Gasteiger partial charge in [0.05, 0.1) is 17.5 Å². The van der Waals surface area contributed by atoms with Gasteiger partial charge in [0, 0.05) is 31.0 Å². The molecule has 0 fully saturated rings. The van der Waals surface area contributed by atoms with Crippen molar-refractivity contribution in [3.05, 3.63) is 100 Å². The fourth-order valence-electron chi connectivity index (χ4n) is 4.69. The second-order valence-electron chi connectivity index (χ2n) is 9.36. The average Bonchev–Trinajstić information content (AvgIpc) is 2.93. The smallest absolute Gasteiger partial charge is 0.296 e. The number of methoxy groups -OCH3 is 1. The Bertz CT molecular complexity index is 1580. The van der Waals surface area contributed by atoms with Crippen molar-refractivity contribution in [1.82, 2.24) is 14.5 Å². The normalized spacial score (nSPS) is 12.4. The van der Waals surface area contributed by atoms with Gasteiger partial charge in [-0.3, -0.25) is 14.3 Å². The van der Waals surface area contributed by atoms with Crippen LogP contribution in [0.5, 0.6) is 5.88 Å². The second kappa shape index (κ2) is 12.4. The summed E-state index contributed by atoms with van der Waals surface area (Å²) in [7, 11) is -2.88. The molecule has 0 aliphatic rings. The summed E-state index contributed by atoms with van der Waals surface area (Å²) >= 11 is 0. The third-order valence-electron chi connectivity index (χ3n) is 6.71. The Morgan fingerprint density at radius 1 is 1.00 bits per heavy atom. The largest absolute Gasteiger partial charge is 0.493 e. The van der Waals surface area contributed by atoms with Gasteiger partial charge < -0.3 is 9.84 Å². The summed E-state index contributed by atoms with van der Waals surface area (Å²) < 4.78 is 34.5. The minimum atomic E-state index is -4.41. The summed E-state index contributed by atoms with van der Waals surface area (Å²) in [4.78, 5) is 20.8. The van der Waals surface area contributed by atoms with Crippen LogP contribution in [-0.2, 0) is 21.0 Å². The molecule has 0 amide bonds. The third-order valence-corrected chi connectivity index (χ3v) is 8.50. The Morgan fingerprint density at radius 3 is 2.36 bits per heavy atom. The van der Waals surface area contributed by atoms with Gasteiger partial charge >= 0.3 is 0 Å². The number of sulfone groups is 1. The number of aryl methyl sites for hydroxylation is 2. The molecule has 0 aliphatic carbocycles. The second-order valence-corrected chi connectivity index (χ2v) is 11.2. The number of nitrogens with zero attached hydrogens (tertiary/aromatic N) is 3. The van der Waals surface area contributed by atoms with Gasteiger partial charge in [-0.1, -0.05) is 68.3 Å². The zero-order chi connectivity index (χ0) is 28.0. The van der Waals surface area contributed by atoms with Gasteiger partial charge in [-0.25, -0.2) is 8.42 Å². The standard InChI is InChI=1S/C30H33N3O5S/c1-4-5-7-14-27-32-29(34)28(30(35)33(27)26(20-38-3)23-11-8-6-9-12-23)39(36,37)24-17-15-22(16-18-24)25-13-10-19-31-21(25)2/h6,8-13,15-19,26,35H,4-5,7,14,20H2,1-3H3/t26-/m0/s1. The Hall–Kier alpha value is -3.82. The zero-order valence-electron chi connectivity index (χ0n) is 22.4. The van der Waals surface area contributed by atoms with E-state index in [0.29, 0.717) is 12.2 Å². The van der Waals surface area contributed by atoms with Crippen LogP contribution in [0.25, 0.3) is 11.1 Å². The van der Waals surface area contributed by atoms with E-state index in [0.717, 1.165) is 41.6 Å². The van der Waals surface area contributed by atoms with Crippen LogP contribution in [0.1, 0.15) is 49.3 Å². The summed E-state index contributed by atoms with van der Waals surface area (Å²) in [6.07, 6.45) is 4.69. The zero-order valence-corrected chi connectivity index (χ0v) is 23.2. The fourth-order valence-corrected chi connectivity index (χ4v) is 6.04. The number of benzene rings is 2. The molecule has 8 nitrogen and oxygen atoms in total. The molecule has 39 heavy (non-hydrogen) atoms. The molecule has 0 saturated carbocycles. The average molecular weight is 548 g/mol. The molecular weight excluding hydrogens is 514 g/mol. The van der Waals surface area contributed by atoms with Crippen molar-refractivity contribution < 1.29 is 18.3 Å². The van der Waals surface area contributed by atoms with Crippen molar-refractivity contribution in [3.8, 4) is 17.0 Å². The SMILES string of the molecule is CCCCCc1nc(=O)c(S(=O)(=O)c2ccc(-c3cccnc3C)cc2)c(O)n1[C@@H](COC)c1ccccc1. The van der Waals surface area contributed by atoms with E-state index in [4.69, 9.17) is 4.74 Å². The van der Waals surface area contributed by atoms with Crippen LogP contribution in [0.3, 0.4) is 0 Å². The van der Waals surface area contributed by atoms with Crippen molar-refractivity contribution in [3.63, 3.8) is 0 Å². The van der Waals surface area contributed by atoms with E-state index in [1.165, 1.54) is 23.8 Å². The van der Waals surface area contributed by atoms with Crippen molar-refractivity contribution in [2.24, 2.45) is 0 Å². The van der Waals surface area contributed by atoms with Gasteiger partial charge in [0.2, 0.25) is 15.7 Å². The lowest BCUT2D eigenvalue weighted by Crippen LogP contribution is -2.29. The van der Waals surface area contributed by atoms with Gasteiger partial charge in [-0.2, -0.15) is 4.98 Å². The summed E-state index contributed by atoms with van der Waals surface area (Å²) in [5, 5.41) is 11.5. The highest BCUT2D eigenvalue weighted by Gasteiger charge is 2.32. The molecule has 0 radical (unpaired) electrons. The minimum Gasteiger partial charge on any atom is -0.493 e. The van der Waals surface area contributed by atoms with Gasteiger partial charge in [0.25, 0.3) is 5.56 Å². The highest BCUT2D eigenvalue weighted by atomic mass is 32.2. The van der Waals surface area contributed by atoms with E-state index >= 15 is 0 Å². The molecule has 204 valence electrons. The summed E-state index contributed by atoms with van der Waals surface area (Å²) in [5.74, 6) is -0.321. The number of hydrogen-bond donors (Lipinski definition) is 1. The van der Waals surface area contributed by atoms with Crippen LogP contribution in [-0.4, -0.2) is 41.8 Å². The van der Waals surface area contributed by atoms with Crippen LogP contribution >= 0.6 is 0 Å². The molecule has 1 N–H and O–H groups in total. The Morgan fingerprint density at radius 2 is 1.72 bits per heavy atom. The monoisotopic (exact) mass is 547 g/mol. The number of aromatic hydroxyl groups is 1. The molecule has 0 spiro atoms. The van der Waals surface area contributed by atoms with E-state index in [1.807, 2.05) is 49.4 Å². The van der Waals surface area contributed by atoms with Gasteiger partial charge in [0.1, 0.15) is 5.82 Å². The lowest BCUT2D eigenvalue weighted by molar-refractivity contribution is 0.161. The van der Waals surface area contributed by atoms with Crippen LogP contribution in [0.4, 0.5) is 0 Å². The maximum Gasteiger partial charge on any atom is 0.296 e. The molecule has 0 saturated heterocycles. The molecule has 1 atom stereocenters. The predicted octanol–water partition coefficient (Wildman–Crippen LogP) is 5.12. The van der Waals surface area contributed by atoms with E-state index in [9.17, 15) is 18.3 Å². The Balaban J connectivity index is 1.86. The molecule has 4 aromatic rings. The fraction of sp³-hybridized carbons (Fsp3) is 0.300. The minimum absolute atomic E-state index is 0.115. The molecule has 2 aromatic carbocycles. The Labute approximate surface area is 228 Å². The Kier molecular flexibility index (Phi) is 8.93. The number of rotatable bonds is 11. The molecule has 9 heteroatoms. The van der Waals surface area contributed by atoms with Gasteiger partial charge in [-0.15, -0.1) is 0 Å². The highest BCUT2D eigenvalue weighted by Crippen LogP contribution is 2.33. The molecule has 2 aromatic heterocycles. The number of aromatic nitrogens is 3. The van der Waals surface area contributed by atoms with E-state index < -0.39 is 32.2 Å². The van der Waals surface area contributed by atoms with Crippen molar-refractivity contribution in [2.45, 2.75) is 55.4 Å². The number of ether oxygens (including phenoxy) is 1. The first-order valence-electron chi connectivity index (χ1n) is 12.9. The number of hydrogen-bond acceptors (Lipinski definition) is 7. The lowest BCUT2D eigenvalue weighted by atomic mass is 10.1.